The number of hydrogen-bond donors (Lipinski definition) is 0. The second-order valence-corrected chi connectivity index (χ2v) is 11.1. The molecule has 1 aromatic heterocycles. The molecular formula is C33H40N4O. The Bertz CT molecular complexity index is 1400. The van der Waals surface area contributed by atoms with Crippen molar-refractivity contribution in [3.63, 3.8) is 0 Å². The molecular weight excluding hydrogens is 468 g/mol. The predicted octanol–water partition coefficient (Wildman–Crippen LogP) is 6.45. The van der Waals surface area contributed by atoms with Crippen molar-refractivity contribution in [1.29, 1.82) is 0 Å². The van der Waals surface area contributed by atoms with E-state index in [9.17, 15) is 0 Å². The van der Waals surface area contributed by atoms with Crippen LogP contribution in [0.4, 0.5) is 0 Å². The molecule has 198 valence electrons. The van der Waals surface area contributed by atoms with Crippen molar-refractivity contribution in [2.75, 3.05) is 26.7 Å². The summed E-state index contributed by atoms with van der Waals surface area (Å²) in [6.07, 6.45) is 9.62. The van der Waals surface area contributed by atoms with Gasteiger partial charge in [-0.1, -0.05) is 50.8 Å². The molecule has 0 saturated carbocycles. The summed E-state index contributed by atoms with van der Waals surface area (Å²) in [6, 6.07) is 13.4. The zero-order valence-corrected chi connectivity index (χ0v) is 23.3. The lowest BCUT2D eigenvalue weighted by molar-refractivity contribution is 0.0893. The number of likely N-dealkylation sites (tertiary alicyclic amines) is 1. The van der Waals surface area contributed by atoms with E-state index in [4.69, 9.17) is 4.74 Å². The van der Waals surface area contributed by atoms with E-state index >= 15 is 0 Å². The molecule has 3 aliphatic rings. The van der Waals surface area contributed by atoms with Crippen LogP contribution in [0.25, 0.3) is 10.8 Å². The first-order valence-electron chi connectivity index (χ1n) is 14.2. The van der Waals surface area contributed by atoms with Crippen LogP contribution in [0, 0.1) is 0 Å². The SMILES string of the molecule is C=C1N2Cc3cc(CC)cc(OC)c3C(C)C=C2C2(CCN(Cc3cccc4cnccc34)CC2)N1CC. The average molecular weight is 509 g/mol. The number of aryl methyl sites for hydroxylation is 1. The van der Waals surface area contributed by atoms with Crippen molar-refractivity contribution in [2.45, 2.75) is 64.6 Å². The Balaban J connectivity index is 1.31. The number of rotatable bonds is 5. The maximum absolute atomic E-state index is 5.92. The van der Waals surface area contributed by atoms with Gasteiger partial charge in [0.25, 0.3) is 0 Å². The normalized spacial score (nSPS) is 20.9. The van der Waals surface area contributed by atoms with E-state index in [1.165, 1.54) is 38.7 Å². The lowest BCUT2D eigenvalue weighted by Crippen LogP contribution is -2.52. The number of benzene rings is 2. The molecule has 0 amide bonds. The van der Waals surface area contributed by atoms with Gasteiger partial charge in [-0.25, -0.2) is 0 Å². The standard InChI is InChI=1S/C33H40N4O/c1-6-25-18-28-22-36-24(4)37(7-2)33(31(36)17-23(3)32(28)30(19-25)38-5)12-15-35(16-13-33)21-27-10-8-9-26-20-34-14-11-29(26)27/h8-11,14,17-20,23H,4,6-7,12-13,15-16,21-22H2,1-3,5H3. The van der Waals surface area contributed by atoms with E-state index in [0.717, 1.165) is 63.6 Å². The molecule has 0 bridgehead atoms. The molecule has 2 fully saturated rings. The van der Waals surface area contributed by atoms with Crippen LogP contribution in [0.1, 0.15) is 61.8 Å². The number of fused-ring (bicyclic) bond motifs is 4. The van der Waals surface area contributed by atoms with Gasteiger partial charge >= 0.3 is 0 Å². The quantitative estimate of drug-likeness (QED) is 0.395. The molecule has 2 saturated heterocycles. The number of hydrogen-bond acceptors (Lipinski definition) is 5. The fraction of sp³-hybridized carbons (Fsp3) is 0.424. The Kier molecular flexibility index (Phi) is 6.43. The van der Waals surface area contributed by atoms with E-state index in [-0.39, 0.29) is 11.5 Å². The Morgan fingerprint density at radius 3 is 2.68 bits per heavy atom. The van der Waals surface area contributed by atoms with Crippen molar-refractivity contribution < 1.29 is 4.74 Å². The van der Waals surface area contributed by atoms with Gasteiger partial charge in [-0.05, 0) is 60.4 Å². The number of nitrogens with zero attached hydrogens (tertiary/aromatic N) is 4. The average Bonchev–Trinajstić information content (AvgIpc) is 3.04. The smallest absolute Gasteiger partial charge is 0.123 e. The highest BCUT2D eigenvalue weighted by molar-refractivity contribution is 5.84. The molecule has 2 aromatic carbocycles. The minimum atomic E-state index is 0.00212. The van der Waals surface area contributed by atoms with Gasteiger partial charge in [-0.3, -0.25) is 9.88 Å². The molecule has 0 aliphatic carbocycles. The first kappa shape index (κ1) is 25.0. The van der Waals surface area contributed by atoms with Crippen LogP contribution in [-0.4, -0.2) is 52.0 Å². The maximum Gasteiger partial charge on any atom is 0.123 e. The highest BCUT2D eigenvalue weighted by Gasteiger charge is 2.52. The molecule has 5 nitrogen and oxygen atoms in total. The molecule has 6 rings (SSSR count). The lowest BCUT2D eigenvalue weighted by atomic mass is 9.81. The van der Waals surface area contributed by atoms with Crippen molar-refractivity contribution in [1.82, 2.24) is 19.7 Å². The molecule has 1 unspecified atom stereocenters. The van der Waals surface area contributed by atoms with Crippen LogP contribution in [0.5, 0.6) is 5.75 Å². The monoisotopic (exact) mass is 508 g/mol. The summed E-state index contributed by atoms with van der Waals surface area (Å²) in [4.78, 5) is 12.1. The Hall–Kier alpha value is -3.31. The van der Waals surface area contributed by atoms with E-state index in [1.807, 2.05) is 19.5 Å². The number of ether oxygens (including phenoxy) is 1. The Morgan fingerprint density at radius 1 is 1.13 bits per heavy atom. The van der Waals surface area contributed by atoms with Crippen molar-refractivity contribution in [3.8, 4) is 5.75 Å². The zero-order valence-electron chi connectivity index (χ0n) is 23.3. The van der Waals surface area contributed by atoms with Crippen LogP contribution in [0.3, 0.4) is 0 Å². The van der Waals surface area contributed by atoms with Gasteiger partial charge in [-0.15, -0.1) is 0 Å². The van der Waals surface area contributed by atoms with Gasteiger partial charge in [0.05, 0.1) is 12.6 Å². The molecule has 3 aromatic rings. The number of pyridine rings is 1. The van der Waals surface area contributed by atoms with Gasteiger partial charge in [0.15, 0.2) is 0 Å². The summed E-state index contributed by atoms with van der Waals surface area (Å²) < 4.78 is 5.92. The lowest BCUT2D eigenvalue weighted by Gasteiger charge is -2.45. The Labute approximate surface area is 227 Å². The van der Waals surface area contributed by atoms with E-state index in [1.54, 1.807) is 0 Å². The second-order valence-electron chi connectivity index (χ2n) is 11.1. The first-order chi connectivity index (χ1) is 18.5. The summed E-state index contributed by atoms with van der Waals surface area (Å²) in [7, 11) is 1.81. The predicted molar refractivity (Wildman–Crippen MR) is 155 cm³/mol. The molecule has 0 radical (unpaired) electrons. The van der Waals surface area contributed by atoms with Crippen molar-refractivity contribution in [3.05, 3.63) is 95.2 Å². The largest absolute Gasteiger partial charge is 0.496 e. The van der Waals surface area contributed by atoms with Crippen LogP contribution in [0.2, 0.25) is 0 Å². The number of methoxy groups -OCH3 is 1. The summed E-state index contributed by atoms with van der Waals surface area (Å²) >= 11 is 0. The van der Waals surface area contributed by atoms with E-state index < -0.39 is 0 Å². The Morgan fingerprint density at radius 2 is 1.95 bits per heavy atom. The number of aromatic nitrogens is 1. The highest BCUT2D eigenvalue weighted by Crippen LogP contribution is 2.51. The van der Waals surface area contributed by atoms with Gasteiger partial charge in [-0.2, -0.15) is 0 Å². The number of allylic oxidation sites excluding steroid dienone is 1. The van der Waals surface area contributed by atoms with Crippen molar-refractivity contribution >= 4 is 10.8 Å². The number of piperidine rings is 1. The highest BCUT2D eigenvalue weighted by atomic mass is 16.5. The van der Waals surface area contributed by atoms with Gasteiger partial charge < -0.3 is 14.5 Å². The van der Waals surface area contributed by atoms with Gasteiger partial charge in [0, 0.05) is 67.7 Å². The summed E-state index contributed by atoms with van der Waals surface area (Å²) in [5.41, 5.74) is 6.88. The van der Waals surface area contributed by atoms with Gasteiger partial charge in [0.2, 0.25) is 0 Å². The van der Waals surface area contributed by atoms with E-state index in [0.29, 0.717) is 0 Å². The summed E-state index contributed by atoms with van der Waals surface area (Å²) in [6.45, 7) is 16.4. The van der Waals surface area contributed by atoms with E-state index in [2.05, 4.69) is 89.5 Å². The van der Waals surface area contributed by atoms with Crippen LogP contribution in [0.15, 0.2) is 73.0 Å². The zero-order chi connectivity index (χ0) is 26.4. The summed E-state index contributed by atoms with van der Waals surface area (Å²) in [5.74, 6) is 2.46. The maximum atomic E-state index is 5.92. The molecule has 0 N–H and O–H groups in total. The first-order valence-corrected chi connectivity index (χ1v) is 14.2. The fourth-order valence-electron chi connectivity index (χ4n) is 7.26. The molecule has 3 aliphatic heterocycles. The topological polar surface area (TPSA) is 31.8 Å². The van der Waals surface area contributed by atoms with Gasteiger partial charge in [0.1, 0.15) is 11.6 Å². The molecule has 5 heteroatoms. The minimum Gasteiger partial charge on any atom is -0.496 e. The van der Waals surface area contributed by atoms with Crippen LogP contribution >= 0.6 is 0 Å². The molecule has 38 heavy (non-hydrogen) atoms. The second kappa shape index (κ2) is 9.77. The molecule has 1 atom stereocenters. The van der Waals surface area contributed by atoms with Crippen LogP contribution in [-0.2, 0) is 19.5 Å². The minimum absolute atomic E-state index is 0.00212. The third-order valence-electron chi connectivity index (χ3n) is 9.18. The third-order valence-corrected chi connectivity index (χ3v) is 9.18. The summed E-state index contributed by atoms with van der Waals surface area (Å²) in [5, 5.41) is 2.54. The third kappa shape index (κ3) is 3.90. The molecule has 4 heterocycles. The molecule has 1 spiro atoms. The number of likely N-dealkylation sites (N-methyl/N-ethyl adjacent to an activating group) is 1. The fourth-order valence-corrected chi connectivity index (χ4v) is 7.26. The van der Waals surface area contributed by atoms with Crippen molar-refractivity contribution in [2.24, 2.45) is 0 Å². The van der Waals surface area contributed by atoms with Crippen LogP contribution < -0.4 is 4.74 Å².